The van der Waals surface area contributed by atoms with Crippen LogP contribution < -0.4 is 0 Å². The van der Waals surface area contributed by atoms with Crippen LogP contribution >= 0.6 is 15.9 Å². The molecule has 1 aromatic carbocycles. The molecule has 0 atom stereocenters. The van der Waals surface area contributed by atoms with E-state index in [1.807, 2.05) is 29.2 Å². The number of Topliss-reactive ketones (excluding diaryl/α,β-unsaturated/α-hetero) is 1. The molecule has 0 saturated heterocycles. The molecule has 0 aromatic heterocycles. The first-order valence-electron chi connectivity index (χ1n) is 5.79. The van der Waals surface area contributed by atoms with E-state index < -0.39 is 0 Å². The Morgan fingerprint density at radius 2 is 1.94 bits per heavy atom. The van der Waals surface area contributed by atoms with Gasteiger partial charge in [-0.1, -0.05) is 35.0 Å². The highest BCUT2D eigenvalue weighted by molar-refractivity contribution is 9.10. The lowest BCUT2D eigenvalue weighted by molar-refractivity contribution is 0.0915. The molecule has 4 heteroatoms. The van der Waals surface area contributed by atoms with Crippen LogP contribution in [0.5, 0.6) is 0 Å². The molecular formula is C13H18BrNO2. The number of benzene rings is 1. The van der Waals surface area contributed by atoms with Crippen LogP contribution in [0.1, 0.15) is 23.7 Å². The molecule has 0 saturated carbocycles. The number of rotatable bonds is 7. The third kappa shape index (κ3) is 4.98. The lowest BCUT2D eigenvalue weighted by Gasteiger charge is -2.19. The van der Waals surface area contributed by atoms with E-state index in [0.717, 1.165) is 17.4 Å². The average molecular weight is 300 g/mol. The number of hydrogen-bond acceptors (Lipinski definition) is 3. The van der Waals surface area contributed by atoms with Crippen molar-refractivity contribution in [1.29, 1.82) is 0 Å². The first-order valence-corrected chi connectivity index (χ1v) is 6.58. The van der Waals surface area contributed by atoms with Gasteiger partial charge in [0.2, 0.25) is 0 Å². The minimum absolute atomic E-state index is 0.0909. The zero-order valence-corrected chi connectivity index (χ0v) is 11.6. The van der Waals surface area contributed by atoms with Gasteiger partial charge in [0.05, 0.1) is 13.2 Å². The highest BCUT2D eigenvalue weighted by atomic mass is 79.9. The number of carbonyl (C=O) groups excluding carboxylic acids is 1. The number of carbonyl (C=O) groups is 1. The number of ketones is 1. The Hall–Kier alpha value is -0.710. The van der Waals surface area contributed by atoms with Gasteiger partial charge in [-0.2, -0.15) is 0 Å². The van der Waals surface area contributed by atoms with Gasteiger partial charge >= 0.3 is 0 Å². The topological polar surface area (TPSA) is 40.5 Å². The fourth-order valence-corrected chi connectivity index (χ4v) is 1.92. The Kier molecular flexibility index (Phi) is 6.40. The monoisotopic (exact) mass is 299 g/mol. The number of hydrogen-bond donors (Lipinski definition) is 1. The summed E-state index contributed by atoms with van der Waals surface area (Å²) in [7, 11) is 0. The second-order valence-electron chi connectivity index (χ2n) is 3.93. The quantitative estimate of drug-likeness (QED) is 0.786. The van der Waals surface area contributed by atoms with Crippen LogP contribution in [0.25, 0.3) is 0 Å². The van der Waals surface area contributed by atoms with Crippen molar-refractivity contribution in [1.82, 2.24) is 4.90 Å². The van der Waals surface area contributed by atoms with Gasteiger partial charge in [0.1, 0.15) is 0 Å². The first kappa shape index (κ1) is 14.4. The van der Waals surface area contributed by atoms with Gasteiger partial charge < -0.3 is 5.11 Å². The molecule has 1 rings (SSSR count). The van der Waals surface area contributed by atoms with E-state index in [0.29, 0.717) is 18.7 Å². The lowest BCUT2D eigenvalue weighted by atomic mass is 10.1. The fraction of sp³-hybridized carbons (Fsp3) is 0.462. The number of aliphatic hydroxyl groups is 1. The Morgan fingerprint density at radius 3 is 2.47 bits per heavy atom. The van der Waals surface area contributed by atoms with E-state index in [4.69, 9.17) is 5.11 Å². The number of nitrogens with zero attached hydrogens (tertiary/aromatic N) is 1. The maximum absolute atomic E-state index is 12.0. The second-order valence-corrected chi connectivity index (χ2v) is 4.85. The van der Waals surface area contributed by atoms with E-state index in [2.05, 4.69) is 22.9 Å². The molecule has 0 bridgehead atoms. The minimum Gasteiger partial charge on any atom is -0.395 e. The summed E-state index contributed by atoms with van der Waals surface area (Å²) < 4.78 is 0.967. The summed E-state index contributed by atoms with van der Waals surface area (Å²) >= 11 is 3.34. The van der Waals surface area contributed by atoms with Crippen molar-refractivity contribution in [3.63, 3.8) is 0 Å². The summed E-state index contributed by atoms with van der Waals surface area (Å²) in [5.74, 6) is 0.0967. The second kappa shape index (κ2) is 7.58. The first-order chi connectivity index (χ1) is 8.17. The summed E-state index contributed by atoms with van der Waals surface area (Å²) in [6, 6.07) is 7.36. The number of halogens is 1. The number of aliphatic hydroxyl groups excluding tert-OH is 1. The Bertz CT molecular complexity index is 345. The smallest absolute Gasteiger partial charge is 0.176 e. The standard InChI is InChI=1S/C13H18BrNO2/c1-2-7-15(8-9-16)10-13(17)11-3-5-12(14)6-4-11/h3-6,16H,2,7-10H2,1H3. The van der Waals surface area contributed by atoms with Gasteiger partial charge in [0.25, 0.3) is 0 Å². The molecule has 0 amide bonds. The molecule has 0 aliphatic rings. The van der Waals surface area contributed by atoms with Crippen LogP contribution in [-0.4, -0.2) is 42.0 Å². The normalized spacial score (nSPS) is 10.8. The Balaban J connectivity index is 2.60. The van der Waals surface area contributed by atoms with Crippen LogP contribution in [0.15, 0.2) is 28.7 Å². The zero-order valence-electron chi connectivity index (χ0n) is 10.0. The lowest BCUT2D eigenvalue weighted by Crippen LogP contribution is -2.33. The molecule has 0 aliphatic heterocycles. The summed E-state index contributed by atoms with van der Waals surface area (Å²) in [6.07, 6.45) is 0.980. The van der Waals surface area contributed by atoms with E-state index in [1.165, 1.54) is 0 Å². The van der Waals surface area contributed by atoms with E-state index >= 15 is 0 Å². The highest BCUT2D eigenvalue weighted by Crippen LogP contribution is 2.11. The van der Waals surface area contributed by atoms with Crippen LogP contribution in [0.2, 0.25) is 0 Å². The molecule has 3 nitrogen and oxygen atoms in total. The van der Waals surface area contributed by atoms with Crippen LogP contribution in [0.4, 0.5) is 0 Å². The zero-order chi connectivity index (χ0) is 12.7. The van der Waals surface area contributed by atoms with Crippen molar-refractivity contribution in [3.05, 3.63) is 34.3 Å². The van der Waals surface area contributed by atoms with Crippen LogP contribution in [0.3, 0.4) is 0 Å². The molecule has 0 spiro atoms. The molecule has 0 heterocycles. The summed E-state index contributed by atoms with van der Waals surface area (Å²) in [6.45, 7) is 3.91. The maximum atomic E-state index is 12.0. The van der Waals surface area contributed by atoms with Gasteiger partial charge in [-0.3, -0.25) is 9.69 Å². The third-order valence-corrected chi connectivity index (χ3v) is 3.02. The molecule has 17 heavy (non-hydrogen) atoms. The van der Waals surface area contributed by atoms with Crippen LogP contribution in [-0.2, 0) is 0 Å². The van der Waals surface area contributed by atoms with Crippen molar-refractivity contribution >= 4 is 21.7 Å². The molecule has 0 aliphatic carbocycles. The SMILES string of the molecule is CCCN(CCO)CC(=O)c1ccc(Br)cc1. The third-order valence-electron chi connectivity index (χ3n) is 2.49. The molecule has 1 N–H and O–H groups in total. The van der Waals surface area contributed by atoms with Gasteiger partial charge in [-0.15, -0.1) is 0 Å². The van der Waals surface area contributed by atoms with Gasteiger partial charge in [-0.25, -0.2) is 0 Å². The molecule has 1 aromatic rings. The van der Waals surface area contributed by atoms with Crippen molar-refractivity contribution < 1.29 is 9.90 Å². The van der Waals surface area contributed by atoms with E-state index in [-0.39, 0.29) is 12.4 Å². The summed E-state index contributed by atoms with van der Waals surface area (Å²) in [4.78, 5) is 14.0. The predicted octanol–water partition coefficient (Wildman–Crippen LogP) is 2.34. The van der Waals surface area contributed by atoms with Crippen molar-refractivity contribution in [2.45, 2.75) is 13.3 Å². The maximum Gasteiger partial charge on any atom is 0.176 e. The largest absolute Gasteiger partial charge is 0.395 e. The highest BCUT2D eigenvalue weighted by Gasteiger charge is 2.11. The van der Waals surface area contributed by atoms with Gasteiger partial charge in [0.15, 0.2) is 5.78 Å². The Morgan fingerprint density at radius 1 is 1.29 bits per heavy atom. The summed E-state index contributed by atoms with van der Waals surface area (Å²) in [5, 5.41) is 8.92. The van der Waals surface area contributed by atoms with Crippen LogP contribution in [0, 0.1) is 0 Å². The molecule has 0 unspecified atom stereocenters. The molecule has 0 radical (unpaired) electrons. The Labute approximate surface area is 111 Å². The minimum atomic E-state index is 0.0909. The molecule has 0 fully saturated rings. The average Bonchev–Trinajstić information content (AvgIpc) is 2.30. The van der Waals surface area contributed by atoms with Crippen molar-refractivity contribution in [2.75, 3.05) is 26.2 Å². The predicted molar refractivity (Wildman–Crippen MR) is 72.3 cm³/mol. The van der Waals surface area contributed by atoms with E-state index in [1.54, 1.807) is 0 Å². The van der Waals surface area contributed by atoms with Crippen molar-refractivity contribution in [2.24, 2.45) is 0 Å². The van der Waals surface area contributed by atoms with E-state index in [9.17, 15) is 4.79 Å². The van der Waals surface area contributed by atoms with Crippen molar-refractivity contribution in [3.8, 4) is 0 Å². The fourth-order valence-electron chi connectivity index (χ4n) is 1.66. The van der Waals surface area contributed by atoms with Gasteiger partial charge in [-0.05, 0) is 25.1 Å². The summed E-state index contributed by atoms with van der Waals surface area (Å²) in [5.41, 5.74) is 0.715. The molecule has 94 valence electrons. The molecular weight excluding hydrogens is 282 g/mol. The van der Waals surface area contributed by atoms with Gasteiger partial charge in [0, 0.05) is 16.6 Å².